The third-order valence-corrected chi connectivity index (χ3v) is 3.20. The van der Waals surface area contributed by atoms with Crippen molar-refractivity contribution in [2.24, 2.45) is 0 Å². The minimum absolute atomic E-state index is 0.213. The van der Waals surface area contributed by atoms with E-state index in [0.717, 1.165) is 11.1 Å². The van der Waals surface area contributed by atoms with Crippen molar-refractivity contribution in [2.75, 3.05) is 7.11 Å². The van der Waals surface area contributed by atoms with Crippen molar-refractivity contribution in [2.45, 2.75) is 19.5 Å². The summed E-state index contributed by atoms with van der Waals surface area (Å²) in [5.41, 5.74) is 1.74. The second-order valence-electron chi connectivity index (χ2n) is 4.90. The highest BCUT2D eigenvalue weighted by molar-refractivity contribution is 5.96. The number of carbonyl (C=O) groups is 2. The molecule has 2 N–H and O–H groups in total. The van der Waals surface area contributed by atoms with Crippen molar-refractivity contribution >= 4 is 11.8 Å². The van der Waals surface area contributed by atoms with Gasteiger partial charge in [-0.05, 0) is 17.7 Å². The van der Waals surface area contributed by atoms with Gasteiger partial charge in [-0.3, -0.25) is 14.6 Å². The van der Waals surface area contributed by atoms with E-state index in [0.29, 0.717) is 18.8 Å². The van der Waals surface area contributed by atoms with Crippen LogP contribution in [0.2, 0.25) is 0 Å². The number of nitrogens with zero attached hydrogens (tertiary/aromatic N) is 1. The number of pyridine rings is 1. The number of ether oxygens (including phenoxy) is 1. The highest BCUT2D eigenvalue weighted by Crippen LogP contribution is 2.16. The van der Waals surface area contributed by atoms with Crippen LogP contribution in [0.5, 0.6) is 5.75 Å². The molecule has 0 fully saturated rings. The molecule has 6 heteroatoms. The molecule has 0 bridgehead atoms. The molecule has 1 aromatic heterocycles. The van der Waals surface area contributed by atoms with Gasteiger partial charge in [0.1, 0.15) is 12.2 Å². The van der Waals surface area contributed by atoms with Gasteiger partial charge < -0.3 is 15.4 Å². The lowest BCUT2D eigenvalue weighted by Gasteiger charge is -2.09. The Bertz CT molecular complexity index is 659. The lowest BCUT2D eigenvalue weighted by Crippen LogP contribution is -2.31. The topological polar surface area (TPSA) is 80.3 Å². The van der Waals surface area contributed by atoms with Crippen molar-refractivity contribution in [3.05, 3.63) is 59.9 Å². The van der Waals surface area contributed by atoms with E-state index in [1.165, 1.54) is 0 Å². The van der Waals surface area contributed by atoms with Gasteiger partial charge in [-0.25, -0.2) is 0 Å². The monoisotopic (exact) mass is 313 g/mol. The van der Waals surface area contributed by atoms with E-state index in [2.05, 4.69) is 15.6 Å². The van der Waals surface area contributed by atoms with Gasteiger partial charge in [0.2, 0.25) is 11.8 Å². The Hall–Kier alpha value is -2.89. The van der Waals surface area contributed by atoms with Gasteiger partial charge in [0.05, 0.1) is 7.11 Å². The average Bonchev–Trinajstić information content (AvgIpc) is 2.59. The third-order valence-electron chi connectivity index (χ3n) is 3.20. The fourth-order valence-electron chi connectivity index (χ4n) is 2.02. The third kappa shape index (κ3) is 5.43. The Morgan fingerprint density at radius 2 is 1.78 bits per heavy atom. The maximum Gasteiger partial charge on any atom is 0.229 e. The highest BCUT2D eigenvalue weighted by atomic mass is 16.5. The summed E-state index contributed by atoms with van der Waals surface area (Å²) >= 11 is 0. The molecule has 1 aromatic carbocycles. The Kier molecular flexibility index (Phi) is 6.11. The van der Waals surface area contributed by atoms with E-state index in [4.69, 9.17) is 4.74 Å². The molecule has 0 aliphatic carbocycles. The van der Waals surface area contributed by atoms with Gasteiger partial charge in [0, 0.05) is 31.0 Å². The lowest BCUT2D eigenvalue weighted by molar-refractivity contribution is -0.129. The standard InChI is InChI=1S/C17H19N3O3/c1-23-15-7-3-2-6-14(15)12-20-17(22)9-16(21)19-11-13-5-4-8-18-10-13/h2-8,10H,9,11-12H2,1H3,(H,19,21)(H,20,22). The molecule has 0 unspecified atom stereocenters. The number of nitrogens with one attached hydrogen (secondary N) is 2. The van der Waals surface area contributed by atoms with Crippen LogP contribution in [0.25, 0.3) is 0 Å². The van der Waals surface area contributed by atoms with Crippen LogP contribution in [0, 0.1) is 0 Å². The molecule has 2 rings (SSSR count). The highest BCUT2D eigenvalue weighted by Gasteiger charge is 2.10. The van der Waals surface area contributed by atoms with E-state index in [-0.39, 0.29) is 18.2 Å². The molecule has 0 radical (unpaired) electrons. The fraction of sp³-hybridized carbons (Fsp3) is 0.235. The largest absolute Gasteiger partial charge is 0.496 e. The number of rotatable bonds is 7. The zero-order chi connectivity index (χ0) is 16.5. The summed E-state index contributed by atoms with van der Waals surface area (Å²) in [6.45, 7) is 0.672. The predicted octanol–water partition coefficient (Wildman–Crippen LogP) is 1.41. The molecular weight excluding hydrogens is 294 g/mol. The molecule has 0 saturated carbocycles. The molecule has 2 amide bonds. The van der Waals surface area contributed by atoms with Crippen molar-refractivity contribution in [1.29, 1.82) is 0 Å². The first-order valence-corrected chi connectivity index (χ1v) is 7.23. The molecule has 6 nitrogen and oxygen atoms in total. The molecule has 0 aliphatic rings. The van der Waals surface area contributed by atoms with Crippen molar-refractivity contribution in [3.8, 4) is 5.75 Å². The average molecular weight is 313 g/mol. The molecule has 0 aliphatic heterocycles. The fourth-order valence-corrected chi connectivity index (χ4v) is 2.02. The molecule has 2 aromatic rings. The summed E-state index contributed by atoms with van der Waals surface area (Å²) in [6.07, 6.45) is 3.12. The predicted molar refractivity (Wildman–Crippen MR) is 85.5 cm³/mol. The van der Waals surface area contributed by atoms with Crippen LogP contribution in [-0.4, -0.2) is 23.9 Å². The first kappa shape index (κ1) is 16.5. The Labute approximate surface area is 134 Å². The quantitative estimate of drug-likeness (QED) is 0.758. The molecule has 0 spiro atoms. The lowest BCUT2D eigenvalue weighted by atomic mass is 10.2. The first-order valence-electron chi connectivity index (χ1n) is 7.23. The SMILES string of the molecule is COc1ccccc1CNC(=O)CC(=O)NCc1cccnc1. The van der Waals surface area contributed by atoms with Crippen molar-refractivity contribution < 1.29 is 14.3 Å². The van der Waals surface area contributed by atoms with Gasteiger partial charge in [0.25, 0.3) is 0 Å². The van der Waals surface area contributed by atoms with E-state index in [9.17, 15) is 9.59 Å². The summed E-state index contributed by atoms with van der Waals surface area (Å²) < 4.78 is 5.21. The number of hydrogen-bond acceptors (Lipinski definition) is 4. The normalized spacial score (nSPS) is 9.96. The van der Waals surface area contributed by atoms with Crippen LogP contribution in [0.15, 0.2) is 48.8 Å². The van der Waals surface area contributed by atoms with E-state index >= 15 is 0 Å². The minimum atomic E-state index is -0.334. The van der Waals surface area contributed by atoms with Gasteiger partial charge in [-0.2, -0.15) is 0 Å². The van der Waals surface area contributed by atoms with E-state index in [1.807, 2.05) is 30.3 Å². The zero-order valence-corrected chi connectivity index (χ0v) is 12.9. The van der Waals surface area contributed by atoms with Crippen LogP contribution >= 0.6 is 0 Å². The molecule has 0 atom stereocenters. The van der Waals surface area contributed by atoms with Crippen LogP contribution in [-0.2, 0) is 22.7 Å². The molecular formula is C17H19N3O3. The molecule has 1 heterocycles. The van der Waals surface area contributed by atoms with Crippen molar-refractivity contribution in [1.82, 2.24) is 15.6 Å². The summed E-state index contributed by atoms with van der Waals surface area (Å²) in [4.78, 5) is 27.5. The number of hydrogen-bond donors (Lipinski definition) is 2. The second-order valence-corrected chi connectivity index (χ2v) is 4.90. The van der Waals surface area contributed by atoms with Gasteiger partial charge in [-0.1, -0.05) is 24.3 Å². The molecule has 0 saturated heterocycles. The maximum atomic E-state index is 11.8. The van der Waals surface area contributed by atoms with Crippen molar-refractivity contribution in [3.63, 3.8) is 0 Å². The Morgan fingerprint density at radius 1 is 1.04 bits per heavy atom. The minimum Gasteiger partial charge on any atom is -0.496 e. The molecule has 120 valence electrons. The summed E-state index contributed by atoms with van der Waals surface area (Å²) in [5, 5.41) is 5.40. The van der Waals surface area contributed by atoms with Crippen LogP contribution in [0.4, 0.5) is 0 Å². The number of para-hydroxylation sites is 1. The molecule has 23 heavy (non-hydrogen) atoms. The van der Waals surface area contributed by atoms with Gasteiger partial charge in [0.15, 0.2) is 0 Å². The zero-order valence-electron chi connectivity index (χ0n) is 12.9. The second kappa shape index (κ2) is 8.53. The first-order chi connectivity index (χ1) is 11.2. The summed E-state index contributed by atoms with van der Waals surface area (Å²) in [6, 6.07) is 11.1. The number of carbonyl (C=O) groups excluding carboxylic acids is 2. The smallest absolute Gasteiger partial charge is 0.229 e. The van der Waals surface area contributed by atoms with Crippen LogP contribution in [0.3, 0.4) is 0 Å². The Balaban J connectivity index is 1.75. The van der Waals surface area contributed by atoms with Crippen LogP contribution in [0.1, 0.15) is 17.5 Å². The maximum absolute atomic E-state index is 11.8. The van der Waals surface area contributed by atoms with Crippen LogP contribution < -0.4 is 15.4 Å². The van der Waals surface area contributed by atoms with Gasteiger partial charge in [-0.15, -0.1) is 0 Å². The van der Waals surface area contributed by atoms with E-state index in [1.54, 1.807) is 25.6 Å². The summed E-state index contributed by atoms with van der Waals surface area (Å²) in [7, 11) is 1.58. The van der Waals surface area contributed by atoms with E-state index < -0.39 is 0 Å². The Morgan fingerprint density at radius 3 is 2.48 bits per heavy atom. The number of amides is 2. The number of aromatic nitrogens is 1. The summed E-state index contributed by atoms with van der Waals surface area (Å²) in [5.74, 6) is 0.0415. The number of methoxy groups -OCH3 is 1. The number of benzene rings is 1. The van der Waals surface area contributed by atoms with Gasteiger partial charge >= 0.3 is 0 Å².